The molecule has 0 aliphatic heterocycles. The molecule has 4 aromatic rings. The molecule has 2 aromatic carbocycles. The molecule has 9 heteroatoms. The average Bonchev–Trinajstić information content (AvgIpc) is 3.36. The molecule has 0 radical (unpaired) electrons. The summed E-state index contributed by atoms with van der Waals surface area (Å²) in [5.74, 6) is 2.06. The molecule has 0 bridgehead atoms. The maximum atomic E-state index is 6.29. The fourth-order valence-electron chi connectivity index (χ4n) is 3.02. The molecule has 31 heavy (non-hydrogen) atoms. The first-order chi connectivity index (χ1) is 14.9. The minimum Gasteiger partial charge on any atom is -0.481 e. The van der Waals surface area contributed by atoms with Gasteiger partial charge >= 0.3 is 0 Å². The van der Waals surface area contributed by atoms with Crippen molar-refractivity contribution < 1.29 is 4.74 Å². The van der Waals surface area contributed by atoms with Crippen LogP contribution in [0.25, 0.3) is 10.6 Å². The number of rotatable bonds is 7. The number of nitrogens with zero attached hydrogens (tertiary/aromatic N) is 4. The summed E-state index contributed by atoms with van der Waals surface area (Å²) in [6.45, 7) is 3.94. The van der Waals surface area contributed by atoms with Gasteiger partial charge in [0.15, 0.2) is 17.1 Å². The van der Waals surface area contributed by atoms with Crippen molar-refractivity contribution in [2.24, 2.45) is 7.05 Å². The minimum atomic E-state index is -0.294. The quantitative estimate of drug-likeness (QED) is 0.261. The Labute approximate surface area is 199 Å². The molecule has 5 nitrogen and oxygen atoms in total. The van der Waals surface area contributed by atoms with Crippen LogP contribution < -0.4 is 4.74 Å². The van der Waals surface area contributed by atoms with E-state index in [4.69, 9.17) is 32.9 Å². The second kappa shape index (κ2) is 9.61. The van der Waals surface area contributed by atoms with E-state index in [0.29, 0.717) is 21.5 Å². The second-order valence-electron chi connectivity index (χ2n) is 7.01. The van der Waals surface area contributed by atoms with Crippen molar-refractivity contribution in [1.29, 1.82) is 0 Å². The molecule has 0 amide bonds. The lowest BCUT2D eigenvalue weighted by Crippen LogP contribution is -2.10. The van der Waals surface area contributed by atoms with Crippen LogP contribution in [0.4, 0.5) is 0 Å². The summed E-state index contributed by atoms with van der Waals surface area (Å²) < 4.78 is 7.99. The molecule has 0 saturated carbocycles. The third kappa shape index (κ3) is 5.06. The molecule has 0 spiro atoms. The lowest BCUT2D eigenvalue weighted by atomic mass is 10.2. The van der Waals surface area contributed by atoms with Gasteiger partial charge in [-0.1, -0.05) is 59.2 Å². The molecule has 0 N–H and O–H groups in total. The molecule has 0 aliphatic carbocycles. The Hall–Kier alpha value is -2.06. The van der Waals surface area contributed by atoms with Crippen LogP contribution in [-0.2, 0) is 12.8 Å². The molecule has 160 valence electrons. The first-order valence-electron chi connectivity index (χ1n) is 9.56. The van der Waals surface area contributed by atoms with Crippen LogP contribution in [0.2, 0.25) is 10.0 Å². The lowest BCUT2D eigenvalue weighted by Gasteiger charge is -2.15. The van der Waals surface area contributed by atoms with Crippen molar-refractivity contribution in [1.82, 2.24) is 19.7 Å². The van der Waals surface area contributed by atoms with Crippen LogP contribution in [0.3, 0.4) is 0 Å². The summed E-state index contributed by atoms with van der Waals surface area (Å²) in [5.41, 5.74) is 3.01. The molecular formula is C22H20Cl2N4OS2. The molecule has 2 aromatic heterocycles. The van der Waals surface area contributed by atoms with Gasteiger partial charge in [0.05, 0.1) is 15.7 Å². The van der Waals surface area contributed by atoms with Crippen molar-refractivity contribution in [2.45, 2.75) is 30.9 Å². The zero-order valence-corrected chi connectivity index (χ0v) is 20.3. The van der Waals surface area contributed by atoms with Crippen LogP contribution in [0, 0.1) is 6.92 Å². The fourth-order valence-corrected chi connectivity index (χ4v) is 5.24. The van der Waals surface area contributed by atoms with Gasteiger partial charge in [0.25, 0.3) is 0 Å². The fraction of sp³-hybridized carbons (Fsp3) is 0.227. The Bertz CT molecular complexity index is 1210. The first-order valence-corrected chi connectivity index (χ1v) is 12.2. The maximum Gasteiger partial charge on any atom is 0.191 e. The number of halogens is 2. The first kappa shape index (κ1) is 22.1. The van der Waals surface area contributed by atoms with Crippen LogP contribution in [0.1, 0.15) is 30.1 Å². The number of thiazole rings is 1. The predicted molar refractivity (Wildman–Crippen MR) is 128 cm³/mol. The van der Waals surface area contributed by atoms with Crippen LogP contribution >= 0.6 is 46.3 Å². The van der Waals surface area contributed by atoms with Gasteiger partial charge in [-0.2, -0.15) is 0 Å². The van der Waals surface area contributed by atoms with E-state index < -0.39 is 0 Å². The number of hydrogen-bond acceptors (Lipinski definition) is 6. The SMILES string of the molecule is Cc1ccc(Cl)c(OC(C)c2nnc(SCc3csc(-c4ccccc4Cl)n3)n2C)c1. The predicted octanol–water partition coefficient (Wildman–Crippen LogP) is 6.99. The number of ether oxygens (including phenoxy) is 1. The van der Waals surface area contributed by atoms with Gasteiger partial charge in [-0.05, 0) is 37.6 Å². The summed E-state index contributed by atoms with van der Waals surface area (Å²) in [5, 5.41) is 13.7. The smallest absolute Gasteiger partial charge is 0.191 e. The molecule has 1 atom stereocenters. The van der Waals surface area contributed by atoms with Crippen molar-refractivity contribution >= 4 is 46.3 Å². The summed E-state index contributed by atoms with van der Waals surface area (Å²) in [6, 6.07) is 13.4. The van der Waals surface area contributed by atoms with Crippen molar-refractivity contribution in [3.05, 3.63) is 75.0 Å². The Morgan fingerprint density at radius 1 is 1.13 bits per heavy atom. The van der Waals surface area contributed by atoms with Crippen LogP contribution in [-0.4, -0.2) is 19.7 Å². The van der Waals surface area contributed by atoms with Crippen LogP contribution in [0.5, 0.6) is 5.75 Å². The second-order valence-corrected chi connectivity index (χ2v) is 9.62. The zero-order chi connectivity index (χ0) is 22.0. The number of benzene rings is 2. The van der Waals surface area contributed by atoms with E-state index in [9.17, 15) is 0 Å². The van der Waals surface area contributed by atoms with E-state index in [0.717, 1.165) is 32.8 Å². The third-order valence-corrected chi connectivity index (χ3v) is 7.25. The minimum absolute atomic E-state index is 0.294. The zero-order valence-electron chi connectivity index (χ0n) is 17.2. The van der Waals surface area contributed by atoms with E-state index in [-0.39, 0.29) is 6.10 Å². The highest BCUT2D eigenvalue weighted by Crippen LogP contribution is 2.33. The van der Waals surface area contributed by atoms with E-state index in [2.05, 4.69) is 15.6 Å². The van der Waals surface area contributed by atoms with Gasteiger partial charge < -0.3 is 9.30 Å². The van der Waals surface area contributed by atoms with Crippen molar-refractivity contribution in [3.8, 4) is 16.3 Å². The number of aromatic nitrogens is 4. The number of aryl methyl sites for hydroxylation is 1. The summed E-state index contributed by atoms with van der Waals surface area (Å²) >= 11 is 15.7. The van der Waals surface area contributed by atoms with E-state index in [1.165, 1.54) is 0 Å². The summed E-state index contributed by atoms with van der Waals surface area (Å²) in [4.78, 5) is 4.72. The van der Waals surface area contributed by atoms with Gasteiger partial charge in [-0.25, -0.2) is 4.98 Å². The number of hydrogen-bond donors (Lipinski definition) is 0. The number of thioether (sulfide) groups is 1. The van der Waals surface area contributed by atoms with E-state index in [1.807, 2.05) is 67.9 Å². The lowest BCUT2D eigenvalue weighted by molar-refractivity contribution is 0.211. The van der Waals surface area contributed by atoms with Gasteiger partial charge in [0.1, 0.15) is 10.8 Å². The van der Waals surface area contributed by atoms with Crippen molar-refractivity contribution in [3.63, 3.8) is 0 Å². The normalized spacial score (nSPS) is 12.2. The Balaban J connectivity index is 1.43. The highest BCUT2D eigenvalue weighted by Gasteiger charge is 2.19. The average molecular weight is 491 g/mol. The van der Waals surface area contributed by atoms with Gasteiger partial charge in [-0.15, -0.1) is 21.5 Å². The standard InChI is InChI=1S/C22H20Cl2N4OS2/c1-13-8-9-18(24)19(10-13)29-14(2)20-26-27-22(28(20)3)31-12-15-11-30-21(25-15)16-6-4-5-7-17(16)23/h4-11,14H,12H2,1-3H3. The highest BCUT2D eigenvalue weighted by molar-refractivity contribution is 7.98. The molecule has 0 saturated heterocycles. The van der Waals surface area contributed by atoms with Gasteiger partial charge in [0.2, 0.25) is 0 Å². The van der Waals surface area contributed by atoms with Crippen molar-refractivity contribution in [2.75, 3.05) is 0 Å². The Morgan fingerprint density at radius 3 is 2.74 bits per heavy atom. The van der Waals surface area contributed by atoms with E-state index >= 15 is 0 Å². The van der Waals surface area contributed by atoms with E-state index in [1.54, 1.807) is 23.1 Å². The summed E-state index contributed by atoms with van der Waals surface area (Å²) in [7, 11) is 1.94. The Kier molecular flexibility index (Phi) is 6.86. The molecule has 0 fully saturated rings. The monoisotopic (exact) mass is 490 g/mol. The van der Waals surface area contributed by atoms with Gasteiger partial charge in [0, 0.05) is 23.7 Å². The molecule has 2 heterocycles. The van der Waals surface area contributed by atoms with Crippen LogP contribution in [0.15, 0.2) is 53.0 Å². The molecule has 0 aliphatic rings. The summed E-state index contributed by atoms with van der Waals surface area (Å²) in [6.07, 6.45) is -0.294. The largest absolute Gasteiger partial charge is 0.481 e. The maximum absolute atomic E-state index is 6.29. The third-order valence-electron chi connectivity index (χ3n) is 4.63. The Morgan fingerprint density at radius 2 is 1.94 bits per heavy atom. The topological polar surface area (TPSA) is 52.8 Å². The molecular weight excluding hydrogens is 471 g/mol. The highest BCUT2D eigenvalue weighted by atomic mass is 35.5. The van der Waals surface area contributed by atoms with Gasteiger partial charge in [-0.3, -0.25) is 0 Å². The molecule has 4 rings (SSSR count). The molecule has 1 unspecified atom stereocenters.